The highest BCUT2D eigenvalue weighted by molar-refractivity contribution is 5.90. The van der Waals surface area contributed by atoms with E-state index in [0.29, 0.717) is 5.56 Å². The first-order valence-electron chi connectivity index (χ1n) is 4.37. The monoisotopic (exact) mass is 226 g/mol. The van der Waals surface area contributed by atoms with Gasteiger partial charge < -0.3 is 20.1 Å². The summed E-state index contributed by atoms with van der Waals surface area (Å²) in [5.41, 5.74) is 0.453. The minimum Gasteiger partial charge on any atom is -0.504 e. The minimum absolute atomic E-state index is 0.153. The number of aromatic hydroxyl groups is 2. The van der Waals surface area contributed by atoms with Crippen LogP contribution in [0, 0.1) is 0 Å². The number of carbonyl (C=O) groups excluding carboxylic acids is 1. The number of carboxylic acid groups (broad SMARTS) is 1. The van der Waals surface area contributed by atoms with Gasteiger partial charge in [-0.3, -0.25) is 9.59 Å². The predicted octanol–water partition coefficient (Wildman–Crippen LogP) is 0.616. The zero-order chi connectivity index (χ0) is 12.1. The molecule has 0 bridgehead atoms. The summed E-state index contributed by atoms with van der Waals surface area (Å²) in [6.45, 7) is -0.153. The van der Waals surface area contributed by atoms with Crippen molar-refractivity contribution in [3.8, 4) is 11.5 Å². The summed E-state index contributed by atoms with van der Waals surface area (Å²) >= 11 is 0. The lowest BCUT2D eigenvalue weighted by molar-refractivity contribution is -0.152. The fourth-order valence-corrected chi connectivity index (χ4v) is 0.997. The molecule has 0 saturated heterocycles. The molecule has 16 heavy (non-hydrogen) atoms. The van der Waals surface area contributed by atoms with Gasteiger partial charge in [-0.2, -0.15) is 0 Å². The number of carbonyl (C=O) groups is 2. The van der Waals surface area contributed by atoms with Crippen LogP contribution in [0.2, 0.25) is 0 Å². The van der Waals surface area contributed by atoms with Crippen molar-refractivity contribution in [3.05, 3.63) is 23.8 Å². The fraction of sp³-hybridized carbons (Fsp3) is 0.200. The van der Waals surface area contributed by atoms with Crippen LogP contribution in [0.3, 0.4) is 0 Å². The summed E-state index contributed by atoms with van der Waals surface area (Å²) < 4.78 is 4.62. The summed E-state index contributed by atoms with van der Waals surface area (Å²) in [5, 5.41) is 26.4. The zero-order valence-corrected chi connectivity index (χ0v) is 8.21. The summed E-state index contributed by atoms with van der Waals surface area (Å²) in [5.74, 6) is -2.73. The molecule has 0 amide bonds. The first-order chi connectivity index (χ1) is 7.49. The number of ether oxygens (including phenoxy) is 1. The number of aliphatic carboxylic acids is 1. The van der Waals surface area contributed by atoms with Crippen molar-refractivity contribution >= 4 is 11.9 Å². The van der Waals surface area contributed by atoms with E-state index in [0.717, 1.165) is 0 Å². The second-order valence-electron chi connectivity index (χ2n) is 3.05. The van der Waals surface area contributed by atoms with Gasteiger partial charge in [-0.05, 0) is 17.7 Å². The molecule has 0 aliphatic heterocycles. The van der Waals surface area contributed by atoms with Gasteiger partial charge >= 0.3 is 11.9 Å². The van der Waals surface area contributed by atoms with Crippen LogP contribution in [-0.4, -0.2) is 27.3 Å². The molecule has 1 rings (SSSR count). The lowest BCUT2D eigenvalue weighted by Gasteiger charge is -2.04. The Morgan fingerprint density at radius 3 is 2.44 bits per heavy atom. The number of benzene rings is 1. The van der Waals surface area contributed by atoms with Gasteiger partial charge in [-0.1, -0.05) is 6.07 Å². The Bertz CT molecular complexity index is 412. The van der Waals surface area contributed by atoms with Crippen LogP contribution in [0.4, 0.5) is 0 Å². The molecule has 0 atom stereocenters. The molecule has 0 saturated carbocycles. The van der Waals surface area contributed by atoms with Crippen molar-refractivity contribution in [3.63, 3.8) is 0 Å². The normalized spacial score (nSPS) is 9.75. The number of rotatable bonds is 4. The number of esters is 1. The standard InChI is InChI=1S/C10H10O6/c11-7-2-1-6(3-8(7)12)5-16-10(15)4-9(13)14/h1-3,11-12H,4-5H2,(H,13,14). The quantitative estimate of drug-likeness (QED) is 0.395. The van der Waals surface area contributed by atoms with E-state index >= 15 is 0 Å². The Balaban J connectivity index is 2.51. The van der Waals surface area contributed by atoms with E-state index in [-0.39, 0.29) is 18.1 Å². The highest BCUT2D eigenvalue weighted by atomic mass is 16.5. The molecule has 0 aliphatic carbocycles. The molecule has 0 unspecified atom stereocenters. The molecule has 6 heteroatoms. The number of hydrogen-bond acceptors (Lipinski definition) is 5. The van der Waals surface area contributed by atoms with E-state index in [9.17, 15) is 9.59 Å². The van der Waals surface area contributed by atoms with Crippen molar-refractivity contribution in [2.24, 2.45) is 0 Å². The molecule has 1 aromatic rings. The van der Waals surface area contributed by atoms with Crippen molar-refractivity contribution in [2.45, 2.75) is 13.0 Å². The van der Waals surface area contributed by atoms with Crippen molar-refractivity contribution < 1.29 is 29.6 Å². The molecule has 0 heterocycles. The third-order valence-electron chi connectivity index (χ3n) is 1.74. The molecule has 3 N–H and O–H groups in total. The average Bonchev–Trinajstić information content (AvgIpc) is 2.19. The van der Waals surface area contributed by atoms with Crippen molar-refractivity contribution in [1.29, 1.82) is 0 Å². The topological polar surface area (TPSA) is 104 Å². The lowest BCUT2D eigenvalue weighted by atomic mass is 10.2. The molecule has 0 spiro atoms. The van der Waals surface area contributed by atoms with E-state index in [1.165, 1.54) is 18.2 Å². The summed E-state index contributed by atoms with van der Waals surface area (Å²) in [6.07, 6.45) is -0.704. The highest BCUT2D eigenvalue weighted by Crippen LogP contribution is 2.25. The second-order valence-corrected chi connectivity index (χ2v) is 3.05. The highest BCUT2D eigenvalue weighted by Gasteiger charge is 2.09. The molecule has 0 fully saturated rings. The van der Waals surface area contributed by atoms with Gasteiger partial charge in [0.25, 0.3) is 0 Å². The Kier molecular flexibility index (Phi) is 3.71. The number of phenols is 2. The zero-order valence-electron chi connectivity index (χ0n) is 8.21. The van der Waals surface area contributed by atoms with Gasteiger partial charge in [0.05, 0.1) is 0 Å². The van der Waals surface area contributed by atoms with Crippen LogP contribution in [0.1, 0.15) is 12.0 Å². The largest absolute Gasteiger partial charge is 0.504 e. The van der Waals surface area contributed by atoms with Gasteiger partial charge in [0, 0.05) is 0 Å². The van der Waals surface area contributed by atoms with Gasteiger partial charge in [0.15, 0.2) is 11.5 Å². The van der Waals surface area contributed by atoms with Crippen LogP contribution < -0.4 is 0 Å². The summed E-state index contributed by atoms with van der Waals surface area (Å²) in [4.78, 5) is 21.0. The van der Waals surface area contributed by atoms with Crippen LogP contribution in [0.25, 0.3) is 0 Å². The van der Waals surface area contributed by atoms with Crippen LogP contribution >= 0.6 is 0 Å². The molecule has 86 valence electrons. The fourth-order valence-electron chi connectivity index (χ4n) is 0.997. The molecule has 1 aromatic carbocycles. The molecule has 0 radical (unpaired) electrons. The number of hydrogen-bond donors (Lipinski definition) is 3. The second kappa shape index (κ2) is 5.01. The first kappa shape index (κ1) is 11.8. The minimum atomic E-state index is -1.27. The van der Waals surface area contributed by atoms with E-state index in [1.807, 2.05) is 0 Å². The molecule has 0 aliphatic rings. The maximum absolute atomic E-state index is 10.9. The van der Waals surface area contributed by atoms with E-state index < -0.39 is 18.4 Å². The lowest BCUT2D eigenvalue weighted by Crippen LogP contribution is -2.10. The average molecular weight is 226 g/mol. The van der Waals surface area contributed by atoms with Crippen LogP contribution in [0.15, 0.2) is 18.2 Å². The van der Waals surface area contributed by atoms with E-state index in [4.69, 9.17) is 15.3 Å². The maximum Gasteiger partial charge on any atom is 0.317 e. The summed E-state index contributed by atoms with van der Waals surface area (Å²) in [6, 6.07) is 3.92. The third kappa shape index (κ3) is 3.49. The van der Waals surface area contributed by atoms with Gasteiger partial charge in [0.2, 0.25) is 0 Å². The van der Waals surface area contributed by atoms with Crippen molar-refractivity contribution in [1.82, 2.24) is 0 Å². The molecule has 6 nitrogen and oxygen atoms in total. The Hall–Kier alpha value is -2.24. The van der Waals surface area contributed by atoms with Gasteiger partial charge in [-0.25, -0.2) is 0 Å². The van der Waals surface area contributed by atoms with Gasteiger partial charge in [0.1, 0.15) is 13.0 Å². The third-order valence-corrected chi connectivity index (χ3v) is 1.74. The molecular formula is C10H10O6. The Morgan fingerprint density at radius 1 is 1.19 bits per heavy atom. The van der Waals surface area contributed by atoms with Crippen molar-refractivity contribution in [2.75, 3.05) is 0 Å². The van der Waals surface area contributed by atoms with E-state index in [2.05, 4.69) is 4.74 Å². The summed E-state index contributed by atoms with van der Waals surface area (Å²) in [7, 11) is 0. The maximum atomic E-state index is 10.9. The van der Waals surface area contributed by atoms with Crippen LogP contribution in [0.5, 0.6) is 11.5 Å². The first-order valence-corrected chi connectivity index (χ1v) is 4.37. The Labute approximate surface area is 90.7 Å². The Morgan fingerprint density at radius 2 is 1.88 bits per heavy atom. The van der Waals surface area contributed by atoms with E-state index in [1.54, 1.807) is 0 Å². The van der Waals surface area contributed by atoms with Crippen LogP contribution in [-0.2, 0) is 20.9 Å². The smallest absolute Gasteiger partial charge is 0.317 e. The molecular weight excluding hydrogens is 216 g/mol. The number of phenolic OH excluding ortho intramolecular Hbond substituents is 2. The predicted molar refractivity (Wildman–Crippen MR) is 51.8 cm³/mol. The van der Waals surface area contributed by atoms with Gasteiger partial charge in [-0.15, -0.1) is 0 Å². The SMILES string of the molecule is O=C(O)CC(=O)OCc1ccc(O)c(O)c1. The molecule has 0 aromatic heterocycles. The number of carboxylic acids is 1.